The van der Waals surface area contributed by atoms with Gasteiger partial charge in [-0.05, 0) is 37.1 Å². The summed E-state index contributed by atoms with van der Waals surface area (Å²) in [5, 5.41) is 0. The summed E-state index contributed by atoms with van der Waals surface area (Å²) in [7, 11) is -1.81. The number of halogens is 1. The van der Waals surface area contributed by atoms with E-state index < -0.39 is 10.0 Å². The van der Waals surface area contributed by atoms with Gasteiger partial charge in [0.2, 0.25) is 10.0 Å². The fourth-order valence-corrected chi connectivity index (χ4v) is 3.65. The second-order valence-corrected chi connectivity index (χ2v) is 7.30. The number of benzene rings is 1. The lowest BCUT2D eigenvalue weighted by Gasteiger charge is -2.22. The van der Waals surface area contributed by atoms with Crippen LogP contribution in [0.5, 0.6) is 0 Å². The van der Waals surface area contributed by atoms with Gasteiger partial charge in [0.05, 0.1) is 17.5 Å². The average molecular weight is 334 g/mol. The molecule has 0 spiro atoms. The van der Waals surface area contributed by atoms with Crippen molar-refractivity contribution >= 4 is 26.0 Å². The number of likely N-dealkylation sites (N-methyl/N-ethyl adjacent to an activating group) is 1. The number of aryl methyl sites for hydroxylation is 1. The zero-order valence-corrected chi connectivity index (χ0v) is 12.8. The normalized spacial score (nSPS) is 20.6. The molecular formula is C12H16BrNO3S. The van der Waals surface area contributed by atoms with Crippen LogP contribution in [0.1, 0.15) is 12.0 Å². The maximum Gasteiger partial charge on any atom is 0.243 e. The van der Waals surface area contributed by atoms with Crippen molar-refractivity contribution in [2.24, 2.45) is 0 Å². The Labute approximate surface area is 116 Å². The molecule has 1 atom stereocenters. The number of hydrogen-bond acceptors (Lipinski definition) is 3. The van der Waals surface area contributed by atoms with E-state index in [1.54, 1.807) is 25.2 Å². The van der Waals surface area contributed by atoms with E-state index >= 15 is 0 Å². The fourth-order valence-electron chi connectivity index (χ4n) is 1.95. The van der Waals surface area contributed by atoms with Gasteiger partial charge in [0.15, 0.2) is 0 Å². The van der Waals surface area contributed by atoms with Crippen LogP contribution in [0.4, 0.5) is 0 Å². The van der Waals surface area contributed by atoms with Crippen molar-refractivity contribution in [3.63, 3.8) is 0 Å². The van der Waals surface area contributed by atoms with Crippen LogP contribution in [0.3, 0.4) is 0 Å². The van der Waals surface area contributed by atoms with Gasteiger partial charge in [0.1, 0.15) is 0 Å². The molecule has 0 aromatic heterocycles. The molecule has 1 aliphatic rings. The lowest BCUT2D eigenvalue weighted by atomic mass is 10.2. The number of rotatable bonds is 3. The number of nitrogens with zero attached hydrogens (tertiary/aromatic N) is 1. The third kappa shape index (κ3) is 2.61. The predicted octanol–water partition coefficient (Wildman–Crippen LogP) is 2.17. The second-order valence-electron chi connectivity index (χ2n) is 4.45. The number of ether oxygens (including phenoxy) is 1. The maximum absolute atomic E-state index is 12.4. The Morgan fingerprint density at radius 3 is 2.72 bits per heavy atom. The van der Waals surface area contributed by atoms with Crippen LogP contribution in [0, 0.1) is 6.92 Å². The molecule has 100 valence electrons. The first kappa shape index (κ1) is 14.0. The lowest BCUT2D eigenvalue weighted by Crippen LogP contribution is -2.37. The summed E-state index contributed by atoms with van der Waals surface area (Å²) in [6.07, 6.45) is 0.755. The zero-order valence-electron chi connectivity index (χ0n) is 10.4. The molecule has 1 aromatic rings. The molecule has 0 radical (unpaired) electrons. The summed E-state index contributed by atoms with van der Waals surface area (Å²) >= 11 is 3.37. The highest BCUT2D eigenvalue weighted by atomic mass is 79.9. The molecule has 0 N–H and O–H groups in total. The minimum atomic E-state index is -3.43. The molecular weight excluding hydrogens is 318 g/mol. The van der Waals surface area contributed by atoms with E-state index in [9.17, 15) is 8.42 Å². The fraction of sp³-hybridized carbons (Fsp3) is 0.500. The molecule has 18 heavy (non-hydrogen) atoms. The van der Waals surface area contributed by atoms with Crippen molar-refractivity contribution in [3.8, 4) is 0 Å². The van der Waals surface area contributed by atoms with Crippen LogP contribution >= 0.6 is 15.9 Å². The van der Waals surface area contributed by atoms with E-state index in [1.165, 1.54) is 4.31 Å². The molecule has 1 unspecified atom stereocenters. The number of hydrogen-bond donors (Lipinski definition) is 0. The highest BCUT2D eigenvalue weighted by molar-refractivity contribution is 9.10. The molecule has 1 aromatic carbocycles. The molecule has 0 saturated carbocycles. The van der Waals surface area contributed by atoms with E-state index in [-0.39, 0.29) is 6.04 Å². The van der Waals surface area contributed by atoms with Crippen molar-refractivity contribution in [2.45, 2.75) is 24.3 Å². The molecule has 4 nitrogen and oxygen atoms in total. The molecule has 0 bridgehead atoms. The summed E-state index contributed by atoms with van der Waals surface area (Å²) in [5.41, 5.74) is 0.909. The summed E-state index contributed by atoms with van der Waals surface area (Å²) in [5.74, 6) is 0. The number of sulfonamides is 1. The van der Waals surface area contributed by atoms with Gasteiger partial charge < -0.3 is 4.74 Å². The van der Waals surface area contributed by atoms with Gasteiger partial charge in [-0.1, -0.05) is 15.9 Å². The largest absolute Gasteiger partial charge is 0.380 e. The standard InChI is InChI=1S/C12H16BrNO3S/c1-9-7-11(3-4-12(9)13)18(15,16)14(2)10-5-6-17-8-10/h3-4,7,10H,5-6,8H2,1-2H3. The first-order valence-corrected chi connectivity index (χ1v) is 7.98. The van der Waals surface area contributed by atoms with Gasteiger partial charge >= 0.3 is 0 Å². The highest BCUT2D eigenvalue weighted by Crippen LogP contribution is 2.24. The Hall–Kier alpha value is -0.430. The van der Waals surface area contributed by atoms with Crippen LogP contribution < -0.4 is 0 Å². The lowest BCUT2D eigenvalue weighted by molar-refractivity contribution is 0.181. The van der Waals surface area contributed by atoms with Crippen molar-refractivity contribution < 1.29 is 13.2 Å². The van der Waals surface area contributed by atoms with E-state index in [2.05, 4.69) is 15.9 Å². The third-order valence-electron chi connectivity index (χ3n) is 3.23. The topological polar surface area (TPSA) is 46.6 Å². The summed E-state index contributed by atoms with van der Waals surface area (Å²) in [6.45, 7) is 2.98. The second kappa shape index (κ2) is 5.28. The van der Waals surface area contributed by atoms with Gasteiger partial charge in [-0.25, -0.2) is 8.42 Å². The SMILES string of the molecule is Cc1cc(S(=O)(=O)N(C)C2CCOC2)ccc1Br. The Balaban J connectivity index is 2.32. The van der Waals surface area contributed by atoms with Crippen LogP contribution in [0.25, 0.3) is 0 Å². The first-order chi connectivity index (χ1) is 8.43. The van der Waals surface area contributed by atoms with Crippen LogP contribution in [0.2, 0.25) is 0 Å². The summed E-state index contributed by atoms with van der Waals surface area (Å²) in [6, 6.07) is 5.02. The Kier molecular flexibility index (Phi) is 4.11. The average Bonchev–Trinajstić information content (AvgIpc) is 2.85. The third-order valence-corrected chi connectivity index (χ3v) is 6.02. The molecule has 0 aliphatic carbocycles. The molecule has 0 amide bonds. The van der Waals surface area contributed by atoms with Gasteiger partial charge in [-0.3, -0.25) is 0 Å². The highest BCUT2D eigenvalue weighted by Gasteiger charge is 2.30. The zero-order chi connectivity index (χ0) is 13.3. The Morgan fingerprint density at radius 2 is 2.17 bits per heavy atom. The van der Waals surface area contributed by atoms with Crippen molar-refractivity contribution in [1.29, 1.82) is 0 Å². The Morgan fingerprint density at radius 1 is 1.44 bits per heavy atom. The van der Waals surface area contributed by atoms with Gasteiger partial charge in [0.25, 0.3) is 0 Å². The minimum Gasteiger partial charge on any atom is -0.380 e. The van der Waals surface area contributed by atoms with Crippen molar-refractivity contribution in [3.05, 3.63) is 28.2 Å². The van der Waals surface area contributed by atoms with Crippen LogP contribution in [-0.4, -0.2) is 39.0 Å². The van der Waals surface area contributed by atoms with Crippen molar-refractivity contribution in [1.82, 2.24) is 4.31 Å². The van der Waals surface area contributed by atoms with Gasteiger partial charge in [-0.15, -0.1) is 0 Å². The quantitative estimate of drug-likeness (QED) is 0.851. The minimum absolute atomic E-state index is 0.0565. The molecule has 2 rings (SSSR count). The molecule has 1 fully saturated rings. The molecule has 1 aliphatic heterocycles. The molecule has 1 saturated heterocycles. The first-order valence-electron chi connectivity index (χ1n) is 5.75. The van der Waals surface area contributed by atoms with E-state index in [0.29, 0.717) is 18.1 Å². The van der Waals surface area contributed by atoms with Crippen LogP contribution in [0.15, 0.2) is 27.6 Å². The molecule has 1 heterocycles. The van der Waals surface area contributed by atoms with E-state index in [4.69, 9.17) is 4.74 Å². The maximum atomic E-state index is 12.4. The van der Waals surface area contributed by atoms with Gasteiger partial charge in [0, 0.05) is 18.1 Å². The summed E-state index contributed by atoms with van der Waals surface area (Å²) < 4.78 is 32.4. The van der Waals surface area contributed by atoms with Crippen LogP contribution in [-0.2, 0) is 14.8 Å². The van der Waals surface area contributed by atoms with E-state index in [1.807, 2.05) is 6.92 Å². The predicted molar refractivity (Wildman–Crippen MR) is 73.1 cm³/mol. The van der Waals surface area contributed by atoms with Gasteiger partial charge in [-0.2, -0.15) is 4.31 Å². The molecule has 6 heteroatoms. The smallest absolute Gasteiger partial charge is 0.243 e. The Bertz CT molecular complexity index is 538. The van der Waals surface area contributed by atoms with Crippen molar-refractivity contribution in [2.75, 3.05) is 20.3 Å². The summed E-state index contributed by atoms with van der Waals surface area (Å²) in [4.78, 5) is 0.331. The van der Waals surface area contributed by atoms with E-state index in [0.717, 1.165) is 16.5 Å². The monoisotopic (exact) mass is 333 g/mol.